The first-order chi connectivity index (χ1) is 18.3. The minimum Gasteiger partial charge on any atom is -0.306 e. The summed E-state index contributed by atoms with van der Waals surface area (Å²) < 4.78 is 10.6. The van der Waals surface area contributed by atoms with E-state index in [4.69, 9.17) is 0 Å². The summed E-state index contributed by atoms with van der Waals surface area (Å²) in [7, 11) is 0. The van der Waals surface area contributed by atoms with Crippen molar-refractivity contribution >= 4 is 74.9 Å². The van der Waals surface area contributed by atoms with Crippen LogP contribution in [0.1, 0.15) is 50.7 Å². The van der Waals surface area contributed by atoms with E-state index in [0.717, 1.165) is 12.8 Å². The Hall–Kier alpha value is -2.86. The van der Waals surface area contributed by atoms with Gasteiger partial charge in [0.25, 0.3) is 0 Å². The number of nitrogens with zero attached hydrogens (tertiary/aromatic N) is 2. The number of unbranched alkanes of at least 4 members (excludes halogenated alkanes) is 2. The van der Waals surface area contributed by atoms with Crippen LogP contribution in [0.5, 0.6) is 0 Å². The lowest BCUT2D eigenvalue weighted by Crippen LogP contribution is -1.98. The minimum atomic E-state index is 1.15. The van der Waals surface area contributed by atoms with Gasteiger partial charge in [-0.3, -0.25) is 0 Å². The fourth-order valence-electron chi connectivity index (χ4n) is 5.60. The van der Waals surface area contributed by atoms with Crippen LogP contribution in [0.15, 0.2) is 71.4 Å². The van der Waals surface area contributed by atoms with Gasteiger partial charge < -0.3 is 9.13 Å². The molecule has 5 heterocycles. The number of aryl methyl sites for hydroxylation is 2. The molecule has 0 spiro atoms. The topological polar surface area (TPSA) is 9.86 Å². The molecule has 0 saturated carbocycles. The largest absolute Gasteiger partial charge is 0.306 e. The van der Waals surface area contributed by atoms with Crippen molar-refractivity contribution in [2.45, 2.75) is 52.4 Å². The molecule has 0 saturated heterocycles. The second-order valence-electron chi connectivity index (χ2n) is 9.94. The molecule has 0 aliphatic carbocycles. The summed E-state index contributed by atoms with van der Waals surface area (Å²) in [4.78, 5) is 0. The van der Waals surface area contributed by atoms with Gasteiger partial charge in [0.05, 0.1) is 40.9 Å². The van der Waals surface area contributed by atoms with Crippen molar-refractivity contribution < 1.29 is 0 Å². The van der Waals surface area contributed by atoms with Crippen LogP contribution < -0.4 is 0 Å². The Labute approximate surface area is 229 Å². The van der Waals surface area contributed by atoms with E-state index in [1.165, 1.54) is 89.1 Å². The molecule has 0 atom stereocenters. The number of thiophene rings is 3. The minimum absolute atomic E-state index is 1.15. The van der Waals surface area contributed by atoms with Crippen molar-refractivity contribution in [2.24, 2.45) is 0 Å². The molecule has 0 amide bonds. The van der Waals surface area contributed by atoms with Gasteiger partial charge in [-0.15, -0.1) is 34.0 Å². The average Bonchev–Trinajstić information content (AvgIpc) is 3.72. The van der Waals surface area contributed by atoms with Gasteiger partial charge in [-0.05, 0) is 84.0 Å². The summed E-state index contributed by atoms with van der Waals surface area (Å²) in [5.74, 6) is 0. The fraction of sp³-hybridized carbons (Fsp3) is 0.250. The lowest BCUT2D eigenvalue weighted by molar-refractivity contribution is 0.795. The van der Waals surface area contributed by atoms with Gasteiger partial charge >= 0.3 is 0 Å². The van der Waals surface area contributed by atoms with Crippen LogP contribution in [0.3, 0.4) is 0 Å². The molecule has 0 N–H and O–H groups in total. The van der Waals surface area contributed by atoms with Crippen LogP contribution in [0.4, 0.5) is 0 Å². The van der Waals surface area contributed by atoms with E-state index in [0.29, 0.717) is 0 Å². The molecule has 186 valence electrons. The second-order valence-corrected chi connectivity index (χ2v) is 12.8. The summed E-state index contributed by atoms with van der Waals surface area (Å²) in [5, 5.41) is 4.48. The highest BCUT2D eigenvalue weighted by Crippen LogP contribution is 2.49. The van der Waals surface area contributed by atoms with Crippen LogP contribution >= 0.6 is 34.0 Å². The molecule has 0 unspecified atom stereocenters. The summed E-state index contributed by atoms with van der Waals surface area (Å²) in [6.45, 7) is 4.53. The van der Waals surface area contributed by atoms with Crippen molar-refractivity contribution in [1.29, 1.82) is 0 Å². The Kier molecular flexibility index (Phi) is 5.95. The molecule has 5 heteroatoms. The first-order valence-corrected chi connectivity index (χ1v) is 16.0. The number of hydrogen-bond donors (Lipinski definition) is 0. The number of benzene rings is 2. The Balaban J connectivity index is 1.48. The van der Waals surface area contributed by atoms with E-state index < -0.39 is 0 Å². The standard InChI is InChI=1S/C32H30N2S3/c1-3-5-7-21-9-13-23(14-10-21)33-25-17-19-35-29(25)31-27(33)28-32(37-31)30-26(18-20-36-30)34(28)24-15-11-22(12-16-24)8-6-4-2/h9-20H,3-8H2,1-2H3. The lowest BCUT2D eigenvalue weighted by Gasteiger charge is -2.11. The molecule has 37 heavy (non-hydrogen) atoms. The molecule has 7 rings (SSSR count). The third-order valence-corrected chi connectivity index (χ3v) is 10.8. The van der Waals surface area contributed by atoms with Gasteiger partial charge in [-0.25, -0.2) is 0 Å². The zero-order valence-electron chi connectivity index (χ0n) is 21.3. The molecule has 0 fully saturated rings. The van der Waals surface area contributed by atoms with Crippen molar-refractivity contribution in [3.63, 3.8) is 0 Å². The predicted molar refractivity (Wildman–Crippen MR) is 166 cm³/mol. The van der Waals surface area contributed by atoms with Crippen molar-refractivity contribution in [3.8, 4) is 11.4 Å². The smallest absolute Gasteiger partial charge is 0.0908 e. The van der Waals surface area contributed by atoms with Gasteiger partial charge in [0.1, 0.15) is 0 Å². The highest BCUT2D eigenvalue weighted by molar-refractivity contribution is 7.33. The molecule has 0 aliphatic rings. The van der Waals surface area contributed by atoms with Crippen molar-refractivity contribution in [1.82, 2.24) is 9.13 Å². The number of hydrogen-bond acceptors (Lipinski definition) is 3. The molecule has 2 nitrogen and oxygen atoms in total. The van der Waals surface area contributed by atoms with E-state index in [-0.39, 0.29) is 0 Å². The third kappa shape index (κ3) is 3.70. The normalized spacial score (nSPS) is 12.2. The molecule has 0 aliphatic heterocycles. The summed E-state index contributed by atoms with van der Waals surface area (Å²) in [6, 6.07) is 23.2. The van der Waals surface area contributed by atoms with Crippen LogP contribution in [-0.4, -0.2) is 9.13 Å². The fourth-order valence-corrected chi connectivity index (χ4v) is 8.94. The van der Waals surface area contributed by atoms with Crippen LogP contribution in [0.25, 0.3) is 52.2 Å². The van der Waals surface area contributed by atoms with Crippen LogP contribution in [-0.2, 0) is 12.8 Å². The highest BCUT2D eigenvalue weighted by Gasteiger charge is 2.25. The van der Waals surface area contributed by atoms with E-state index >= 15 is 0 Å². The molecular weight excluding hydrogens is 509 g/mol. The van der Waals surface area contributed by atoms with Gasteiger partial charge in [0.2, 0.25) is 0 Å². The van der Waals surface area contributed by atoms with Gasteiger partial charge in [0.15, 0.2) is 0 Å². The van der Waals surface area contributed by atoms with Crippen molar-refractivity contribution in [3.05, 3.63) is 82.6 Å². The number of fused-ring (bicyclic) bond motifs is 7. The van der Waals surface area contributed by atoms with Crippen LogP contribution in [0.2, 0.25) is 0 Å². The SMILES string of the molecule is CCCCc1ccc(-n2c3ccsc3c3sc4c5sccc5n(-c5ccc(CCCC)cc5)c4c32)cc1. The summed E-state index contributed by atoms with van der Waals surface area (Å²) >= 11 is 5.70. The summed E-state index contributed by atoms with van der Waals surface area (Å²) in [6.07, 6.45) is 7.26. The number of aromatic nitrogens is 2. The molecule has 2 aromatic carbocycles. The van der Waals surface area contributed by atoms with Crippen LogP contribution in [0, 0.1) is 0 Å². The Morgan fingerprint density at radius 2 is 0.973 bits per heavy atom. The Bertz CT molecular complexity index is 1700. The first kappa shape index (κ1) is 23.3. The zero-order chi connectivity index (χ0) is 24.9. The quantitative estimate of drug-likeness (QED) is 0.182. The van der Waals surface area contributed by atoms with Gasteiger partial charge in [-0.2, -0.15) is 0 Å². The third-order valence-electron chi connectivity index (χ3n) is 7.52. The average molecular weight is 539 g/mol. The maximum absolute atomic E-state index is 2.51. The zero-order valence-corrected chi connectivity index (χ0v) is 23.7. The predicted octanol–water partition coefficient (Wildman–Crippen LogP) is 10.8. The van der Waals surface area contributed by atoms with Crippen molar-refractivity contribution in [2.75, 3.05) is 0 Å². The molecule has 7 aromatic rings. The molecule has 5 aromatic heterocycles. The van der Waals surface area contributed by atoms with E-state index in [9.17, 15) is 0 Å². The molecular formula is C32H30N2S3. The highest BCUT2D eigenvalue weighted by atomic mass is 32.1. The van der Waals surface area contributed by atoms with Gasteiger partial charge in [0, 0.05) is 11.4 Å². The molecule has 0 bridgehead atoms. The second kappa shape index (κ2) is 9.46. The lowest BCUT2D eigenvalue weighted by atomic mass is 10.1. The van der Waals surface area contributed by atoms with E-state index in [1.807, 2.05) is 34.0 Å². The number of rotatable bonds is 8. The van der Waals surface area contributed by atoms with E-state index in [2.05, 4.69) is 94.4 Å². The Morgan fingerprint density at radius 3 is 1.38 bits per heavy atom. The maximum atomic E-state index is 2.51. The monoisotopic (exact) mass is 538 g/mol. The summed E-state index contributed by atoms with van der Waals surface area (Å²) in [5.41, 5.74) is 10.7. The molecule has 0 radical (unpaired) electrons. The van der Waals surface area contributed by atoms with Gasteiger partial charge in [-0.1, -0.05) is 51.0 Å². The van der Waals surface area contributed by atoms with E-state index in [1.54, 1.807) is 0 Å². The first-order valence-electron chi connectivity index (χ1n) is 13.4. The Morgan fingerprint density at radius 1 is 0.541 bits per heavy atom. The maximum Gasteiger partial charge on any atom is 0.0908 e.